The summed E-state index contributed by atoms with van der Waals surface area (Å²) >= 11 is 0. The summed E-state index contributed by atoms with van der Waals surface area (Å²) in [6.07, 6.45) is 1.45. The van der Waals surface area contributed by atoms with E-state index in [9.17, 15) is 13.2 Å². The lowest BCUT2D eigenvalue weighted by atomic mass is 10.1. The summed E-state index contributed by atoms with van der Waals surface area (Å²) in [5.41, 5.74) is 2.33. The Hall–Kier alpha value is -2.74. The first-order valence-electron chi connectivity index (χ1n) is 9.96. The van der Waals surface area contributed by atoms with Gasteiger partial charge in [-0.15, -0.1) is 0 Å². The molecular weight excluding hydrogens is 404 g/mol. The number of amides is 1. The van der Waals surface area contributed by atoms with Crippen LogP contribution in [0.2, 0.25) is 0 Å². The minimum Gasteiger partial charge on any atom is -0.486 e. The van der Waals surface area contributed by atoms with E-state index in [4.69, 9.17) is 9.47 Å². The van der Waals surface area contributed by atoms with E-state index >= 15 is 0 Å². The molecule has 2 aromatic rings. The van der Waals surface area contributed by atoms with Gasteiger partial charge in [-0.25, -0.2) is 8.42 Å². The Morgan fingerprint density at radius 2 is 1.73 bits per heavy atom. The minimum atomic E-state index is -3.66. The van der Waals surface area contributed by atoms with Crippen LogP contribution in [-0.4, -0.2) is 39.8 Å². The third-order valence-electron chi connectivity index (χ3n) is 5.04. The predicted molar refractivity (Wildman–Crippen MR) is 117 cm³/mol. The molecule has 1 aliphatic rings. The van der Waals surface area contributed by atoms with E-state index < -0.39 is 16.1 Å². The van der Waals surface area contributed by atoms with Gasteiger partial charge >= 0.3 is 0 Å². The molecule has 0 saturated carbocycles. The zero-order chi connectivity index (χ0) is 21.9. The van der Waals surface area contributed by atoms with Crippen LogP contribution in [0.5, 0.6) is 11.5 Å². The number of fused-ring (bicyclic) bond motifs is 1. The lowest BCUT2D eigenvalue weighted by Crippen LogP contribution is -2.49. The molecule has 0 aliphatic carbocycles. The number of carbonyl (C=O) groups excluding carboxylic acids is 1. The summed E-state index contributed by atoms with van der Waals surface area (Å²) < 4.78 is 37.4. The highest BCUT2D eigenvalue weighted by atomic mass is 32.2. The van der Waals surface area contributed by atoms with Crippen molar-refractivity contribution in [3.63, 3.8) is 0 Å². The highest BCUT2D eigenvalue weighted by Gasteiger charge is 2.32. The Morgan fingerprint density at radius 3 is 2.33 bits per heavy atom. The second-order valence-electron chi connectivity index (χ2n) is 7.45. The zero-order valence-corrected chi connectivity index (χ0v) is 18.5. The fraction of sp³-hybridized carbons (Fsp3) is 0.409. The van der Waals surface area contributed by atoms with Crippen LogP contribution in [0.4, 0.5) is 5.69 Å². The van der Waals surface area contributed by atoms with E-state index in [2.05, 4.69) is 5.32 Å². The molecule has 2 aromatic carbocycles. The van der Waals surface area contributed by atoms with Crippen molar-refractivity contribution in [3.8, 4) is 11.5 Å². The van der Waals surface area contributed by atoms with Gasteiger partial charge in [0.1, 0.15) is 19.3 Å². The normalized spacial score (nSPS) is 15.2. The van der Waals surface area contributed by atoms with Crippen LogP contribution in [0.3, 0.4) is 0 Å². The van der Waals surface area contributed by atoms with Gasteiger partial charge in [-0.3, -0.25) is 9.10 Å². The Labute approximate surface area is 178 Å². The van der Waals surface area contributed by atoms with E-state index in [1.165, 1.54) is 4.31 Å². The van der Waals surface area contributed by atoms with E-state index in [0.29, 0.717) is 36.8 Å². The molecule has 0 spiro atoms. The standard InChI is InChI=1S/C22H28N2O5S/c1-5-19(24(30(4,26)27)18-9-6-15(2)7-10-18)22(25)23-16(3)17-8-11-20-21(14-17)29-13-12-28-20/h6-11,14,16,19H,5,12-13H2,1-4H3,(H,23,25)/t16-,19-/m0/s1. The Balaban J connectivity index is 1.82. The molecule has 2 atom stereocenters. The number of ether oxygens (including phenoxy) is 2. The first-order chi connectivity index (χ1) is 14.2. The maximum absolute atomic E-state index is 13.1. The molecule has 8 heteroatoms. The molecule has 0 radical (unpaired) electrons. The summed E-state index contributed by atoms with van der Waals surface area (Å²) in [5, 5.41) is 2.95. The zero-order valence-electron chi connectivity index (χ0n) is 17.7. The molecular formula is C22H28N2O5S. The second kappa shape index (κ2) is 8.95. The molecule has 1 N–H and O–H groups in total. The molecule has 0 unspecified atom stereocenters. The highest BCUT2D eigenvalue weighted by molar-refractivity contribution is 7.92. The predicted octanol–water partition coefficient (Wildman–Crippen LogP) is 3.19. The molecule has 30 heavy (non-hydrogen) atoms. The average molecular weight is 433 g/mol. The van der Waals surface area contributed by atoms with E-state index in [0.717, 1.165) is 17.4 Å². The Kier molecular flexibility index (Phi) is 6.55. The number of rotatable bonds is 7. The first kappa shape index (κ1) is 22.0. The number of nitrogens with zero attached hydrogens (tertiary/aromatic N) is 1. The average Bonchev–Trinajstić information content (AvgIpc) is 2.71. The van der Waals surface area contributed by atoms with Crippen LogP contribution in [0.1, 0.15) is 37.4 Å². The maximum Gasteiger partial charge on any atom is 0.244 e. The van der Waals surface area contributed by atoms with Crippen molar-refractivity contribution < 1.29 is 22.7 Å². The second-order valence-corrected chi connectivity index (χ2v) is 9.31. The molecule has 0 saturated heterocycles. The van der Waals surface area contributed by atoms with Gasteiger partial charge in [-0.2, -0.15) is 0 Å². The summed E-state index contributed by atoms with van der Waals surface area (Å²) in [4.78, 5) is 13.1. The van der Waals surface area contributed by atoms with Crippen molar-refractivity contribution >= 4 is 21.6 Å². The lowest BCUT2D eigenvalue weighted by molar-refractivity contribution is -0.122. The van der Waals surface area contributed by atoms with Gasteiger partial charge in [0.2, 0.25) is 15.9 Å². The van der Waals surface area contributed by atoms with Crippen molar-refractivity contribution in [1.29, 1.82) is 0 Å². The van der Waals surface area contributed by atoms with Crippen LogP contribution < -0.4 is 19.1 Å². The smallest absolute Gasteiger partial charge is 0.244 e. The fourth-order valence-electron chi connectivity index (χ4n) is 3.47. The molecule has 0 aromatic heterocycles. The molecule has 1 aliphatic heterocycles. The molecule has 1 heterocycles. The molecule has 1 amide bonds. The molecule has 0 bridgehead atoms. The SMILES string of the molecule is CC[C@@H](C(=O)N[C@@H](C)c1ccc2c(c1)OCCO2)N(c1ccc(C)cc1)S(C)(=O)=O. The van der Waals surface area contributed by atoms with Gasteiger partial charge < -0.3 is 14.8 Å². The van der Waals surface area contributed by atoms with Crippen molar-refractivity contribution in [2.75, 3.05) is 23.8 Å². The molecule has 162 valence electrons. The Bertz CT molecular complexity index is 1000. The van der Waals surface area contributed by atoms with Gasteiger partial charge in [0.25, 0.3) is 0 Å². The highest BCUT2D eigenvalue weighted by Crippen LogP contribution is 2.32. The van der Waals surface area contributed by atoms with E-state index in [1.54, 1.807) is 19.1 Å². The summed E-state index contributed by atoms with van der Waals surface area (Å²) in [6.45, 7) is 6.57. The minimum absolute atomic E-state index is 0.332. The topological polar surface area (TPSA) is 84.9 Å². The van der Waals surface area contributed by atoms with Crippen LogP contribution in [0.15, 0.2) is 42.5 Å². The Morgan fingerprint density at radius 1 is 1.10 bits per heavy atom. The quantitative estimate of drug-likeness (QED) is 0.726. The van der Waals surface area contributed by atoms with Crippen molar-refractivity contribution in [1.82, 2.24) is 5.32 Å². The number of carbonyl (C=O) groups is 1. The van der Waals surface area contributed by atoms with Crippen molar-refractivity contribution in [2.45, 2.75) is 39.3 Å². The number of hydrogen-bond acceptors (Lipinski definition) is 5. The fourth-order valence-corrected chi connectivity index (χ4v) is 4.69. The molecule has 3 rings (SSSR count). The van der Waals surface area contributed by atoms with E-state index in [1.807, 2.05) is 44.2 Å². The maximum atomic E-state index is 13.1. The van der Waals surface area contributed by atoms with E-state index in [-0.39, 0.29) is 11.9 Å². The monoisotopic (exact) mass is 432 g/mol. The summed E-state index contributed by atoms with van der Waals surface area (Å²) in [7, 11) is -3.66. The third-order valence-corrected chi connectivity index (χ3v) is 6.22. The van der Waals surface area contributed by atoms with Crippen LogP contribution in [0.25, 0.3) is 0 Å². The molecule has 7 nitrogen and oxygen atoms in total. The largest absolute Gasteiger partial charge is 0.486 e. The number of aryl methyl sites for hydroxylation is 1. The van der Waals surface area contributed by atoms with Crippen LogP contribution >= 0.6 is 0 Å². The lowest BCUT2D eigenvalue weighted by Gasteiger charge is -2.31. The number of benzene rings is 2. The number of hydrogen-bond donors (Lipinski definition) is 1. The summed E-state index contributed by atoms with van der Waals surface area (Å²) in [6, 6.07) is 11.4. The third kappa shape index (κ3) is 4.87. The van der Waals surface area contributed by atoms with Gasteiger partial charge in [-0.05, 0) is 50.1 Å². The number of nitrogens with one attached hydrogen (secondary N) is 1. The van der Waals surface area contributed by atoms with Crippen molar-refractivity contribution in [2.24, 2.45) is 0 Å². The number of sulfonamides is 1. The molecule has 0 fully saturated rings. The van der Waals surface area contributed by atoms with Crippen LogP contribution in [-0.2, 0) is 14.8 Å². The van der Waals surface area contributed by atoms with Crippen LogP contribution in [0, 0.1) is 6.92 Å². The number of anilines is 1. The van der Waals surface area contributed by atoms with Gasteiger partial charge in [0, 0.05) is 0 Å². The van der Waals surface area contributed by atoms with Gasteiger partial charge in [0.05, 0.1) is 18.0 Å². The van der Waals surface area contributed by atoms with Crippen molar-refractivity contribution in [3.05, 3.63) is 53.6 Å². The first-order valence-corrected chi connectivity index (χ1v) is 11.8. The van der Waals surface area contributed by atoms with Gasteiger partial charge in [0.15, 0.2) is 11.5 Å². The summed E-state index contributed by atoms with van der Waals surface area (Å²) in [5.74, 6) is 0.966. The van der Waals surface area contributed by atoms with Gasteiger partial charge in [-0.1, -0.05) is 30.7 Å².